The monoisotopic (exact) mass is 238 g/mol. The number of hydrogen-bond donors (Lipinski definition) is 1. The van der Waals surface area contributed by atoms with Crippen molar-refractivity contribution < 1.29 is 18.0 Å². The Labute approximate surface area is 92.8 Å². The van der Waals surface area contributed by atoms with Gasteiger partial charge in [-0.25, -0.2) is 0 Å². The number of alkyl halides is 3. The zero-order chi connectivity index (χ0) is 12.5. The summed E-state index contributed by atoms with van der Waals surface area (Å²) < 4.78 is 37.5. The van der Waals surface area contributed by atoms with Crippen molar-refractivity contribution >= 4 is 5.91 Å². The highest BCUT2D eigenvalue weighted by Gasteiger charge is 2.46. The van der Waals surface area contributed by atoms with Crippen LogP contribution in [-0.2, 0) is 4.79 Å². The predicted molar refractivity (Wildman–Crippen MR) is 53.6 cm³/mol. The van der Waals surface area contributed by atoms with Crippen LogP contribution < -0.4 is 5.73 Å². The summed E-state index contributed by atoms with van der Waals surface area (Å²) in [6.45, 7) is 3.60. The summed E-state index contributed by atoms with van der Waals surface area (Å²) in [7, 11) is 0. The van der Waals surface area contributed by atoms with Crippen LogP contribution in [0.5, 0.6) is 0 Å². The van der Waals surface area contributed by atoms with Gasteiger partial charge in [0.2, 0.25) is 5.91 Å². The van der Waals surface area contributed by atoms with Gasteiger partial charge in [0.05, 0.1) is 5.92 Å². The minimum atomic E-state index is -4.26. The molecular weight excluding hydrogens is 221 g/mol. The first-order valence-electron chi connectivity index (χ1n) is 5.34. The Morgan fingerprint density at radius 3 is 2.38 bits per heavy atom. The van der Waals surface area contributed by atoms with Crippen LogP contribution in [-0.4, -0.2) is 36.1 Å². The van der Waals surface area contributed by atoms with Crippen LogP contribution in [0.15, 0.2) is 0 Å². The van der Waals surface area contributed by atoms with Gasteiger partial charge in [0.15, 0.2) is 0 Å². The molecule has 16 heavy (non-hydrogen) atoms. The third-order valence-electron chi connectivity index (χ3n) is 2.88. The summed E-state index contributed by atoms with van der Waals surface area (Å²) in [6, 6.07) is -1.00. The van der Waals surface area contributed by atoms with Gasteiger partial charge in [-0.05, 0) is 6.42 Å². The molecule has 0 bridgehead atoms. The van der Waals surface area contributed by atoms with Crippen LogP contribution in [0.1, 0.15) is 20.3 Å². The van der Waals surface area contributed by atoms with Crippen LogP contribution in [0, 0.1) is 11.8 Å². The van der Waals surface area contributed by atoms with E-state index in [9.17, 15) is 18.0 Å². The molecule has 1 amide bonds. The molecule has 1 saturated heterocycles. The van der Waals surface area contributed by atoms with E-state index in [1.165, 1.54) is 4.90 Å². The number of halogens is 3. The van der Waals surface area contributed by atoms with Gasteiger partial charge in [0, 0.05) is 25.0 Å². The van der Waals surface area contributed by atoms with E-state index < -0.39 is 18.1 Å². The van der Waals surface area contributed by atoms with Gasteiger partial charge < -0.3 is 10.6 Å². The van der Waals surface area contributed by atoms with Crippen molar-refractivity contribution in [3.05, 3.63) is 0 Å². The van der Waals surface area contributed by atoms with Crippen LogP contribution in [0.4, 0.5) is 13.2 Å². The van der Waals surface area contributed by atoms with Crippen molar-refractivity contribution in [3.8, 4) is 0 Å². The Morgan fingerprint density at radius 1 is 1.44 bits per heavy atom. The topological polar surface area (TPSA) is 46.3 Å². The standard InChI is InChI=1S/C10H17F3N2O/c1-6(2)9(16)15-4-3-7(8(14)5-15)10(11,12)13/h6-8H,3-5,14H2,1-2H3. The lowest BCUT2D eigenvalue weighted by atomic mass is 9.91. The quantitative estimate of drug-likeness (QED) is 0.750. The number of piperidine rings is 1. The number of nitrogens with zero attached hydrogens (tertiary/aromatic N) is 1. The van der Waals surface area contributed by atoms with Gasteiger partial charge in [-0.2, -0.15) is 13.2 Å². The highest BCUT2D eigenvalue weighted by molar-refractivity contribution is 5.78. The average molecular weight is 238 g/mol. The number of amides is 1. The van der Waals surface area contributed by atoms with Crippen molar-refractivity contribution in [3.63, 3.8) is 0 Å². The van der Waals surface area contributed by atoms with Gasteiger partial charge in [0.1, 0.15) is 0 Å². The Hall–Kier alpha value is -0.780. The lowest BCUT2D eigenvalue weighted by molar-refractivity contribution is -0.191. The van der Waals surface area contributed by atoms with E-state index >= 15 is 0 Å². The smallest absolute Gasteiger partial charge is 0.341 e. The molecule has 6 heteroatoms. The fraction of sp³-hybridized carbons (Fsp3) is 0.900. The Bertz CT molecular complexity index is 265. The first-order valence-corrected chi connectivity index (χ1v) is 5.34. The number of hydrogen-bond acceptors (Lipinski definition) is 2. The third kappa shape index (κ3) is 2.87. The van der Waals surface area contributed by atoms with E-state index in [2.05, 4.69) is 0 Å². The summed E-state index contributed by atoms with van der Waals surface area (Å²) in [4.78, 5) is 13.0. The molecule has 1 fully saturated rings. The zero-order valence-electron chi connectivity index (χ0n) is 9.42. The fourth-order valence-corrected chi connectivity index (χ4v) is 1.95. The lowest BCUT2D eigenvalue weighted by Crippen LogP contribution is -2.55. The summed E-state index contributed by atoms with van der Waals surface area (Å²) in [6.07, 6.45) is -4.35. The molecule has 0 spiro atoms. The number of likely N-dealkylation sites (tertiary alicyclic amines) is 1. The van der Waals surface area contributed by atoms with Gasteiger partial charge in [-0.3, -0.25) is 4.79 Å². The Morgan fingerprint density at radius 2 is 2.00 bits per heavy atom. The maximum Gasteiger partial charge on any atom is 0.393 e. The number of nitrogens with two attached hydrogens (primary N) is 1. The molecule has 94 valence electrons. The van der Waals surface area contributed by atoms with Gasteiger partial charge in [-0.15, -0.1) is 0 Å². The second-order valence-electron chi connectivity index (χ2n) is 4.54. The van der Waals surface area contributed by atoms with Crippen LogP contribution in [0.3, 0.4) is 0 Å². The Kier molecular flexibility index (Phi) is 3.83. The molecule has 0 aromatic carbocycles. The highest BCUT2D eigenvalue weighted by Crippen LogP contribution is 2.33. The maximum absolute atomic E-state index is 12.5. The van der Waals surface area contributed by atoms with E-state index in [1.54, 1.807) is 13.8 Å². The molecule has 1 heterocycles. The molecule has 2 atom stereocenters. The second kappa shape index (κ2) is 4.61. The van der Waals surface area contributed by atoms with Crippen molar-refractivity contribution in [2.45, 2.75) is 32.5 Å². The van der Waals surface area contributed by atoms with Gasteiger partial charge >= 0.3 is 6.18 Å². The minimum Gasteiger partial charge on any atom is -0.341 e. The van der Waals surface area contributed by atoms with E-state index in [4.69, 9.17) is 5.73 Å². The summed E-state index contributed by atoms with van der Waals surface area (Å²) in [5.74, 6) is -1.81. The molecular formula is C10H17F3N2O. The van der Waals surface area contributed by atoms with E-state index in [1.807, 2.05) is 0 Å². The molecule has 1 aliphatic rings. The molecule has 0 radical (unpaired) electrons. The largest absolute Gasteiger partial charge is 0.393 e. The van der Waals surface area contributed by atoms with Crippen molar-refractivity contribution in [2.75, 3.05) is 13.1 Å². The second-order valence-corrected chi connectivity index (χ2v) is 4.54. The highest BCUT2D eigenvalue weighted by atomic mass is 19.4. The molecule has 0 aromatic heterocycles. The summed E-state index contributed by atoms with van der Waals surface area (Å²) in [5.41, 5.74) is 5.48. The van der Waals surface area contributed by atoms with Crippen molar-refractivity contribution in [1.82, 2.24) is 4.90 Å². The zero-order valence-corrected chi connectivity index (χ0v) is 9.42. The van der Waals surface area contributed by atoms with Crippen LogP contribution in [0.25, 0.3) is 0 Å². The number of carbonyl (C=O) groups excluding carboxylic acids is 1. The number of rotatable bonds is 1. The third-order valence-corrected chi connectivity index (χ3v) is 2.88. The molecule has 0 aliphatic carbocycles. The van der Waals surface area contributed by atoms with E-state index in [-0.39, 0.29) is 31.3 Å². The number of carbonyl (C=O) groups is 1. The Balaban J connectivity index is 2.62. The lowest BCUT2D eigenvalue weighted by Gasteiger charge is -2.38. The summed E-state index contributed by atoms with van der Waals surface area (Å²) >= 11 is 0. The van der Waals surface area contributed by atoms with Crippen molar-refractivity contribution in [1.29, 1.82) is 0 Å². The average Bonchev–Trinajstić information content (AvgIpc) is 2.14. The van der Waals surface area contributed by atoms with Crippen LogP contribution >= 0.6 is 0 Å². The van der Waals surface area contributed by atoms with Gasteiger partial charge in [-0.1, -0.05) is 13.8 Å². The molecule has 1 aliphatic heterocycles. The predicted octanol–water partition coefficient (Wildman–Crippen LogP) is 1.38. The first-order chi connectivity index (χ1) is 7.23. The van der Waals surface area contributed by atoms with Crippen LogP contribution in [0.2, 0.25) is 0 Å². The van der Waals surface area contributed by atoms with E-state index in [0.29, 0.717) is 0 Å². The minimum absolute atomic E-state index is 0.00118. The molecule has 1 rings (SSSR count). The summed E-state index contributed by atoms with van der Waals surface area (Å²) in [5, 5.41) is 0. The molecule has 0 aromatic rings. The molecule has 3 nitrogen and oxygen atoms in total. The first kappa shape index (κ1) is 13.3. The van der Waals surface area contributed by atoms with Gasteiger partial charge in [0.25, 0.3) is 0 Å². The SMILES string of the molecule is CC(C)C(=O)N1CCC(C(F)(F)F)C(N)C1. The fourth-order valence-electron chi connectivity index (χ4n) is 1.95. The molecule has 2 N–H and O–H groups in total. The molecule has 2 unspecified atom stereocenters. The normalized spacial score (nSPS) is 27.3. The van der Waals surface area contributed by atoms with Crippen molar-refractivity contribution in [2.24, 2.45) is 17.6 Å². The van der Waals surface area contributed by atoms with E-state index in [0.717, 1.165) is 0 Å². The molecule has 0 saturated carbocycles. The maximum atomic E-state index is 12.5.